The third kappa shape index (κ3) is 4.01. The van der Waals surface area contributed by atoms with Crippen molar-refractivity contribution in [3.05, 3.63) is 58.2 Å². The molecule has 0 bridgehead atoms. The zero-order valence-corrected chi connectivity index (χ0v) is 18.0. The molecule has 1 aromatic heterocycles. The quantitative estimate of drug-likeness (QED) is 0.553. The maximum atomic E-state index is 12.4. The normalized spacial score (nSPS) is 18.0. The highest BCUT2D eigenvalue weighted by atomic mass is 79.9. The number of carbonyl (C=O) groups excluding carboxylic acids is 1. The summed E-state index contributed by atoms with van der Waals surface area (Å²) in [5.41, 5.74) is 4.28. The Morgan fingerprint density at radius 3 is 2.87 bits per heavy atom. The molecule has 30 heavy (non-hydrogen) atoms. The summed E-state index contributed by atoms with van der Waals surface area (Å²) in [6, 6.07) is 13.9. The zero-order chi connectivity index (χ0) is 20.5. The second-order valence-electron chi connectivity index (χ2n) is 7.48. The van der Waals surface area contributed by atoms with Crippen LogP contribution in [0.15, 0.2) is 46.9 Å². The van der Waals surface area contributed by atoms with E-state index in [1.807, 2.05) is 48.5 Å². The maximum Gasteiger partial charge on any atom is 0.256 e. The van der Waals surface area contributed by atoms with Gasteiger partial charge in [-0.1, -0.05) is 15.9 Å². The molecular weight excluding hydrogens is 446 g/mol. The molecule has 1 fully saturated rings. The van der Waals surface area contributed by atoms with Gasteiger partial charge in [-0.3, -0.25) is 9.69 Å². The molecule has 0 atom stereocenters. The molecule has 0 saturated carbocycles. The van der Waals surface area contributed by atoms with E-state index in [1.165, 1.54) is 0 Å². The molecule has 2 aromatic carbocycles. The first-order valence-corrected chi connectivity index (χ1v) is 10.8. The van der Waals surface area contributed by atoms with E-state index in [9.17, 15) is 4.79 Å². The highest BCUT2D eigenvalue weighted by molar-refractivity contribution is 9.10. The van der Waals surface area contributed by atoms with Gasteiger partial charge in [-0.2, -0.15) is 0 Å². The van der Waals surface area contributed by atoms with E-state index < -0.39 is 0 Å². The van der Waals surface area contributed by atoms with Gasteiger partial charge < -0.3 is 19.8 Å². The van der Waals surface area contributed by atoms with Crippen molar-refractivity contribution in [1.82, 2.24) is 9.88 Å². The fourth-order valence-corrected chi connectivity index (χ4v) is 4.24. The van der Waals surface area contributed by atoms with Crippen molar-refractivity contribution < 1.29 is 14.3 Å². The molecule has 3 heterocycles. The lowest BCUT2D eigenvalue weighted by molar-refractivity contribution is -0.110. The van der Waals surface area contributed by atoms with Gasteiger partial charge in [0.15, 0.2) is 0 Å². The number of hydrogen-bond donors (Lipinski definition) is 2. The largest absolute Gasteiger partial charge is 0.492 e. The number of nitrogens with one attached hydrogen (secondary N) is 2. The van der Waals surface area contributed by atoms with Crippen molar-refractivity contribution in [2.24, 2.45) is 0 Å². The van der Waals surface area contributed by atoms with Gasteiger partial charge in [-0.15, -0.1) is 0 Å². The third-order valence-electron chi connectivity index (χ3n) is 5.46. The summed E-state index contributed by atoms with van der Waals surface area (Å²) in [7, 11) is 0. The number of aromatic nitrogens is 1. The smallest absolute Gasteiger partial charge is 0.256 e. The fraction of sp³-hybridized carbons (Fsp3) is 0.261. The average molecular weight is 468 g/mol. The minimum atomic E-state index is -0.0890. The topological polar surface area (TPSA) is 66.6 Å². The molecule has 7 heteroatoms. The minimum absolute atomic E-state index is 0.0890. The second-order valence-corrected chi connectivity index (χ2v) is 8.39. The molecule has 154 valence electrons. The Kier molecular flexibility index (Phi) is 5.33. The van der Waals surface area contributed by atoms with Crippen LogP contribution in [-0.4, -0.2) is 55.2 Å². The highest BCUT2D eigenvalue weighted by Gasteiger charge is 2.24. The number of ether oxygens (including phenoxy) is 2. The fourth-order valence-electron chi connectivity index (χ4n) is 3.88. The van der Waals surface area contributed by atoms with Crippen molar-refractivity contribution in [2.45, 2.75) is 0 Å². The van der Waals surface area contributed by atoms with Gasteiger partial charge in [0.1, 0.15) is 12.4 Å². The van der Waals surface area contributed by atoms with E-state index in [0.717, 1.165) is 70.9 Å². The van der Waals surface area contributed by atoms with Crippen molar-refractivity contribution >= 4 is 50.1 Å². The van der Waals surface area contributed by atoms with Gasteiger partial charge in [-0.25, -0.2) is 0 Å². The maximum absolute atomic E-state index is 12.4. The highest BCUT2D eigenvalue weighted by Crippen LogP contribution is 2.35. The number of rotatable bonds is 5. The summed E-state index contributed by atoms with van der Waals surface area (Å²) in [6.07, 6.45) is 1.90. The Morgan fingerprint density at radius 1 is 1.13 bits per heavy atom. The van der Waals surface area contributed by atoms with E-state index in [-0.39, 0.29) is 5.91 Å². The van der Waals surface area contributed by atoms with E-state index in [0.29, 0.717) is 12.2 Å². The molecule has 0 unspecified atom stereocenters. The Hall–Kier alpha value is -2.61. The van der Waals surface area contributed by atoms with Crippen LogP contribution in [0.1, 0.15) is 11.3 Å². The molecule has 0 spiro atoms. The number of anilines is 1. The molecule has 2 aliphatic heterocycles. The molecule has 6 nitrogen and oxygen atoms in total. The van der Waals surface area contributed by atoms with E-state index >= 15 is 0 Å². The van der Waals surface area contributed by atoms with Crippen molar-refractivity contribution in [3.63, 3.8) is 0 Å². The number of nitrogens with zero attached hydrogens (tertiary/aromatic N) is 1. The van der Waals surface area contributed by atoms with Crippen LogP contribution in [0.2, 0.25) is 0 Å². The number of amides is 1. The first-order valence-electron chi connectivity index (χ1n) is 10.0. The van der Waals surface area contributed by atoms with Crippen LogP contribution >= 0.6 is 15.9 Å². The van der Waals surface area contributed by atoms with Crippen LogP contribution in [0, 0.1) is 0 Å². The summed E-state index contributed by atoms with van der Waals surface area (Å²) in [6.45, 7) is 5.08. The van der Waals surface area contributed by atoms with Crippen LogP contribution < -0.4 is 10.1 Å². The monoisotopic (exact) mass is 467 g/mol. The predicted octanol–water partition coefficient (Wildman–Crippen LogP) is 4.13. The summed E-state index contributed by atoms with van der Waals surface area (Å²) in [5.74, 6) is 0.760. The molecule has 2 aliphatic rings. The molecule has 1 saturated heterocycles. The lowest BCUT2D eigenvalue weighted by Crippen LogP contribution is -2.38. The van der Waals surface area contributed by atoms with Crippen molar-refractivity contribution in [1.29, 1.82) is 0 Å². The van der Waals surface area contributed by atoms with Crippen LogP contribution in [-0.2, 0) is 9.53 Å². The number of aromatic amines is 1. The molecule has 0 aliphatic carbocycles. The van der Waals surface area contributed by atoms with Gasteiger partial charge in [-0.05, 0) is 48.5 Å². The molecule has 2 N–H and O–H groups in total. The number of H-pyrrole nitrogens is 1. The van der Waals surface area contributed by atoms with Gasteiger partial charge in [0.2, 0.25) is 0 Å². The average Bonchev–Trinajstić information content (AvgIpc) is 3.29. The SMILES string of the molecule is O=C1Nc2ccc(Br)cc2/C1=C/c1cc2cc(OCCN3CCOCC3)ccc2[nH]1. The lowest BCUT2D eigenvalue weighted by Gasteiger charge is -2.26. The standard InChI is InChI=1S/C23H22BrN3O3/c24-16-1-3-22-19(13-16)20(23(28)26-22)14-17-11-15-12-18(2-4-21(15)25-17)30-10-7-27-5-8-29-9-6-27/h1-4,11-14,25H,5-10H2,(H,26,28)/b20-14-. The van der Waals surface area contributed by atoms with Gasteiger partial charge in [0.25, 0.3) is 5.91 Å². The summed E-state index contributed by atoms with van der Waals surface area (Å²) >= 11 is 3.48. The van der Waals surface area contributed by atoms with E-state index in [1.54, 1.807) is 0 Å². The number of benzene rings is 2. The Labute approximate surface area is 183 Å². The zero-order valence-electron chi connectivity index (χ0n) is 16.4. The third-order valence-corrected chi connectivity index (χ3v) is 5.95. The Morgan fingerprint density at radius 2 is 2.00 bits per heavy atom. The molecule has 0 radical (unpaired) electrons. The van der Waals surface area contributed by atoms with Crippen LogP contribution in [0.25, 0.3) is 22.6 Å². The van der Waals surface area contributed by atoms with Gasteiger partial charge in [0, 0.05) is 52.0 Å². The van der Waals surface area contributed by atoms with E-state index in [2.05, 4.69) is 31.1 Å². The number of fused-ring (bicyclic) bond motifs is 2. The van der Waals surface area contributed by atoms with Crippen LogP contribution in [0.5, 0.6) is 5.75 Å². The molecule has 5 rings (SSSR count). The number of hydrogen-bond acceptors (Lipinski definition) is 4. The summed E-state index contributed by atoms with van der Waals surface area (Å²) < 4.78 is 12.3. The van der Waals surface area contributed by atoms with Crippen molar-refractivity contribution in [2.75, 3.05) is 44.8 Å². The van der Waals surface area contributed by atoms with Gasteiger partial charge >= 0.3 is 0 Å². The van der Waals surface area contributed by atoms with Crippen LogP contribution in [0.4, 0.5) is 5.69 Å². The first-order chi connectivity index (χ1) is 14.7. The summed E-state index contributed by atoms with van der Waals surface area (Å²) in [4.78, 5) is 18.2. The van der Waals surface area contributed by atoms with Crippen molar-refractivity contribution in [3.8, 4) is 5.75 Å². The van der Waals surface area contributed by atoms with Crippen LogP contribution in [0.3, 0.4) is 0 Å². The summed E-state index contributed by atoms with van der Waals surface area (Å²) in [5, 5.41) is 3.97. The Balaban J connectivity index is 1.33. The number of morpholine rings is 1. The van der Waals surface area contributed by atoms with Gasteiger partial charge in [0.05, 0.1) is 18.8 Å². The Bertz CT molecular complexity index is 1130. The molecular formula is C23H22BrN3O3. The first kappa shape index (κ1) is 19.4. The second kappa shape index (κ2) is 8.26. The molecule has 3 aromatic rings. The number of carbonyl (C=O) groups is 1. The number of halogens is 1. The molecule has 1 amide bonds. The predicted molar refractivity (Wildman–Crippen MR) is 122 cm³/mol. The van der Waals surface area contributed by atoms with E-state index in [4.69, 9.17) is 9.47 Å². The minimum Gasteiger partial charge on any atom is -0.492 e. The lowest BCUT2D eigenvalue weighted by atomic mass is 10.1.